The lowest BCUT2D eigenvalue weighted by Gasteiger charge is -2.39. The summed E-state index contributed by atoms with van der Waals surface area (Å²) in [5.41, 5.74) is 6.09. The van der Waals surface area contributed by atoms with Crippen LogP contribution in [0.4, 0.5) is 20.2 Å². The van der Waals surface area contributed by atoms with Gasteiger partial charge in [0.2, 0.25) is 11.8 Å². The van der Waals surface area contributed by atoms with Crippen LogP contribution in [0.3, 0.4) is 0 Å². The van der Waals surface area contributed by atoms with Crippen molar-refractivity contribution in [3.63, 3.8) is 0 Å². The number of carbonyl (C=O) groups excluding carboxylic acids is 2. The number of methoxy groups -OCH3 is 1. The number of aromatic hydroxyl groups is 1. The number of carbonyl (C=O) groups is 2. The summed E-state index contributed by atoms with van der Waals surface area (Å²) in [6.07, 6.45) is 6.09. The van der Waals surface area contributed by atoms with E-state index >= 15 is 8.78 Å². The molecule has 4 aliphatic rings. The topological polar surface area (TPSA) is 94.1 Å². The fourth-order valence-corrected chi connectivity index (χ4v) is 9.60. The number of piperidine rings is 3. The van der Waals surface area contributed by atoms with Crippen molar-refractivity contribution in [3.05, 3.63) is 118 Å². The Hall–Kier alpha value is -4.96. The van der Waals surface area contributed by atoms with Gasteiger partial charge in [-0.15, -0.1) is 0 Å². The highest BCUT2D eigenvalue weighted by Gasteiger charge is 2.36. The number of rotatable bonds is 9. The van der Waals surface area contributed by atoms with Gasteiger partial charge in [0.05, 0.1) is 12.8 Å². The summed E-state index contributed by atoms with van der Waals surface area (Å²) in [4.78, 5) is 28.2. The van der Waals surface area contributed by atoms with Crippen molar-refractivity contribution in [3.8, 4) is 11.5 Å². The highest BCUT2D eigenvalue weighted by atomic mass is 19.1. The highest BCUT2D eigenvalue weighted by molar-refractivity contribution is 6.01. The molecule has 55 heavy (non-hydrogen) atoms. The molecule has 8 nitrogen and oxygen atoms in total. The number of aryl methyl sites for hydroxylation is 1. The third kappa shape index (κ3) is 7.92. The fourth-order valence-electron chi connectivity index (χ4n) is 9.60. The summed E-state index contributed by atoms with van der Waals surface area (Å²) >= 11 is 0. The van der Waals surface area contributed by atoms with Crippen LogP contribution >= 0.6 is 0 Å². The van der Waals surface area contributed by atoms with E-state index < -0.39 is 6.04 Å². The van der Waals surface area contributed by atoms with Crippen LogP contribution in [0.25, 0.3) is 0 Å². The molecule has 10 heteroatoms. The van der Waals surface area contributed by atoms with E-state index in [1.54, 1.807) is 19.2 Å². The molecule has 0 bridgehead atoms. The molecule has 3 saturated heterocycles. The number of nitrogens with one attached hydrogen (secondary N) is 2. The fraction of sp³-hybridized carbons (Fsp3) is 0.422. The summed E-state index contributed by atoms with van der Waals surface area (Å²) in [7, 11) is 1.67. The number of imide groups is 1. The van der Waals surface area contributed by atoms with Crippen molar-refractivity contribution in [1.29, 1.82) is 0 Å². The van der Waals surface area contributed by atoms with Gasteiger partial charge < -0.3 is 25.0 Å². The molecule has 4 aromatic rings. The lowest BCUT2D eigenvalue weighted by molar-refractivity contribution is -0.133. The summed E-state index contributed by atoms with van der Waals surface area (Å²) in [5, 5.41) is 15.7. The Bertz CT molecular complexity index is 2030. The maximum absolute atomic E-state index is 16.3. The summed E-state index contributed by atoms with van der Waals surface area (Å²) in [6, 6.07) is 24.2. The Morgan fingerprint density at radius 2 is 1.56 bits per heavy atom. The largest absolute Gasteiger partial charge is 0.508 e. The van der Waals surface area contributed by atoms with E-state index in [-0.39, 0.29) is 53.4 Å². The van der Waals surface area contributed by atoms with E-state index in [1.807, 2.05) is 36.4 Å². The average molecular weight is 749 g/mol. The molecular formula is C45H50F2N4O4. The number of nitrogens with zero attached hydrogens (tertiary/aromatic N) is 2. The minimum absolute atomic E-state index is 0.113. The van der Waals surface area contributed by atoms with Crippen LogP contribution in [0, 0.1) is 17.6 Å². The first-order valence-electron chi connectivity index (χ1n) is 19.8. The molecule has 2 amide bonds. The molecule has 3 heterocycles. The summed E-state index contributed by atoms with van der Waals surface area (Å²) < 4.78 is 37.6. The highest BCUT2D eigenvalue weighted by Crippen LogP contribution is 2.50. The van der Waals surface area contributed by atoms with Crippen molar-refractivity contribution < 1.29 is 28.2 Å². The predicted molar refractivity (Wildman–Crippen MR) is 210 cm³/mol. The Kier molecular flexibility index (Phi) is 10.8. The number of benzene rings is 4. The molecule has 0 spiro atoms. The van der Waals surface area contributed by atoms with Crippen LogP contribution < -0.4 is 20.3 Å². The van der Waals surface area contributed by atoms with Crippen molar-refractivity contribution in [1.82, 2.24) is 10.2 Å². The molecule has 3 fully saturated rings. The molecule has 1 aliphatic carbocycles. The first kappa shape index (κ1) is 37.0. The molecule has 4 aromatic carbocycles. The zero-order valence-corrected chi connectivity index (χ0v) is 31.4. The van der Waals surface area contributed by atoms with Gasteiger partial charge in [-0.1, -0.05) is 42.5 Å². The van der Waals surface area contributed by atoms with Crippen LogP contribution in [0.5, 0.6) is 11.5 Å². The Labute approximate surface area is 321 Å². The van der Waals surface area contributed by atoms with E-state index in [9.17, 15) is 14.7 Å². The third-order valence-electron chi connectivity index (χ3n) is 12.5. The van der Waals surface area contributed by atoms with E-state index in [0.717, 1.165) is 87.9 Å². The first-order chi connectivity index (χ1) is 26.7. The number of phenols is 1. The van der Waals surface area contributed by atoms with Crippen LogP contribution in [0.15, 0.2) is 78.9 Å². The van der Waals surface area contributed by atoms with Crippen molar-refractivity contribution in [2.24, 2.45) is 5.92 Å². The minimum atomic E-state index is -0.545. The minimum Gasteiger partial charge on any atom is -0.508 e. The summed E-state index contributed by atoms with van der Waals surface area (Å²) in [5.74, 6) is 0.465. The van der Waals surface area contributed by atoms with Crippen molar-refractivity contribution in [2.75, 3.05) is 50.1 Å². The number of ether oxygens (including phenoxy) is 1. The van der Waals surface area contributed by atoms with Crippen LogP contribution in [0.1, 0.15) is 90.5 Å². The predicted octanol–water partition coefficient (Wildman–Crippen LogP) is 7.85. The molecule has 8 rings (SSSR count). The lowest BCUT2D eigenvalue weighted by Crippen LogP contribution is -2.47. The van der Waals surface area contributed by atoms with E-state index in [0.29, 0.717) is 35.0 Å². The van der Waals surface area contributed by atoms with Gasteiger partial charge in [-0.2, -0.15) is 0 Å². The smallest absolute Gasteiger partial charge is 0.249 e. The standard InChI is InChI=1S/C45H50F2N4O4/c1-55-42-26-41(39(47)25-37(42)44-35(29-5-3-2-4-6-29)10-7-31-23-33(52)9-12-36(31)44)51-21-15-28(16-22-51)27-50-19-17-30(18-20-50)34-11-8-32(24-38(34)46)48-40-13-14-43(53)49-45(40)54/h2-6,8-9,11-12,23-26,28,30,35,40,44,48,52H,7,10,13-22,27H2,1H3,(H,49,53,54)/t35-,40+,44+/m1/s1. The number of amides is 2. The second-order valence-corrected chi connectivity index (χ2v) is 15.9. The van der Waals surface area contributed by atoms with Gasteiger partial charge in [0.15, 0.2) is 0 Å². The van der Waals surface area contributed by atoms with Gasteiger partial charge in [-0.3, -0.25) is 14.9 Å². The molecule has 0 saturated carbocycles. The lowest BCUT2D eigenvalue weighted by atomic mass is 9.69. The number of halogens is 2. The number of fused-ring (bicyclic) bond motifs is 1. The molecule has 3 atom stereocenters. The van der Waals surface area contributed by atoms with Crippen LogP contribution in [-0.4, -0.2) is 67.7 Å². The monoisotopic (exact) mass is 748 g/mol. The maximum atomic E-state index is 16.3. The number of anilines is 2. The second-order valence-electron chi connectivity index (χ2n) is 15.9. The van der Waals surface area contributed by atoms with E-state index in [1.165, 1.54) is 11.6 Å². The van der Waals surface area contributed by atoms with Crippen molar-refractivity contribution >= 4 is 23.2 Å². The number of likely N-dealkylation sites (tertiary alicyclic amines) is 1. The van der Waals surface area contributed by atoms with Crippen molar-refractivity contribution in [2.45, 2.75) is 75.2 Å². The third-order valence-corrected chi connectivity index (χ3v) is 12.5. The zero-order chi connectivity index (χ0) is 38.1. The van der Waals surface area contributed by atoms with Gasteiger partial charge in [-0.05, 0) is 128 Å². The molecular weight excluding hydrogens is 699 g/mol. The van der Waals surface area contributed by atoms with Gasteiger partial charge in [0, 0.05) is 49.3 Å². The second kappa shape index (κ2) is 16.0. The Morgan fingerprint density at radius 3 is 2.29 bits per heavy atom. The maximum Gasteiger partial charge on any atom is 0.249 e. The quantitative estimate of drug-likeness (QED) is 0.150. The first-order valence-corrected chi connectivity index (χ1v) is 19.8. The summed E-state index contributed by atoms with van der Waals surface area (Å²) in [6.45, 7) is 4.33. The van der Waals surface area contributed by atoms with Crippen LogP contribution in [-0.2, 0) is 16.0 Å². The van der Waals surface area contributed by atoms with E-state index in [4.69, 9.17) is 4.74 Å². The molecule has 0 unspecified atom stereocenters. The molecule has 3 aliphatic heterocycles. The zero-order valence-electron chi connectivity index (χ0n) is 31.4. The van der Waals surface area contributed by atoms with Gasteiger partial charge in [-0.25, -0.2) is 8.78 Å². The number of phenolic OH excluding ortho intramolecular Hbond substituents is 1. The molecule has 0 radical (unpaired) electrons. The van der Waals surface area contributed by atoms with Gasteiger partial charge in [0.1, 0.15) is 29.2 Å². The average Bonchev–Trinajstić information content (AvgIpc) is 3.19. The number of hydrogen-bond acceptors (Lipinski definition) is 7. The van der Waals surface area contributed by atoms with Crippen LogP contribution in [0.2, 0.25) is 0 Å². The molecule has 0 aromatic heterocycles. The normalized spacial score (nSPS) is 22.6. The Balaban J connectivity index is 0.883. The van der Waals surface area contributed by atoms with Gasteiger partial charge >= 0.3 is 0 Å². The number of hydrogen-bond donors (Lipinski definition) is 3. The Morgan fingerprint density at radius 1 is 0.800 bits per heavy atom. The SMILES string of the molecule is COc1cc(N2CCC(CN3CCC(c4ccc(N[C@H]5CCC(=O)NC5=O)cc4F)CC3)CC2)c(F)cc1[C@@H]1c2ccc(O)cc2CC[C@@H]1c1ccccc1. The van der Waals surface area contributed by atoms with Gasteiger partial charge in [0.25, 0.3) is 0 Å². The molecule has 288 valence electrons. The molecule has 3 N–H and O–H groups in total. The van der Waals surface area contributed by atoms with E-state index in [2.05, 4.69) is 44.7 Å².